The molecule has 1 fully saturated rings. The zero-order valence-corrected chi connectivity index (χ0v) is 9.52. The van der Waals surface area contributed by atoms with Crippen LogP contribution in [0.25, 0.3) is 0 Å². The Kier molecular flexibility index (Phi) is 3.82. The number of hydrogen-bond donors (Lipinski definition) is 2. The standard InChI is InChI=1S/C12H16N2O3/c13-10-2-1-3-11(6-10)14-12(15)17-8-9-4-5-16-7-9/h1-3,6,9H,4-5,7-8,13H2,(H,14,15). The van der Waals surface area contributed by atoms with Crippen LogP contribution in [-0.4, -0.2) is 25.9 Å². The first-order chi connectivity index (χ1) is 8.24. The Morgan fingerprint density at radius 1 is 1.59 bits per heavy atom. The molecule has 1 unspecified atom stereocenters. The van der Waals surface area contributed by atoms with Gasteiger partial charge in [-0.2, -0.15) is 0 Å². The van der Waals surface area contributed by atoms with E-state index in [9.17, 15) is 4.79 Å². The summed E-state index contributed by atoms with van der Waals surface area (Å²) in [4.78, 5) is 11.5. The van der Waals surface area contributed by atoms with E-state index < -0.39 is 6.09 Å². The second kappa shape index (κ2) is 5.54. The summed E-state index contributed by atoms with van der Waals surface area (Å²) in [5.41, 5.74) is 6.84. The van der Waals surface area contributed by atoms with Gasteiger partial charge in [-0.25, -0.2) is 4.79 Å². The number of carbonyl (C=O) groups is 1. The number of amides is 1. The van der Waals surface area contributed by atoms with Crippen LogP contribution in [0.4, 0.5) is 16.2 Å². The molecule has 1 saturated heterocycles. The van der Waals surface area contributed by atoms with Gasteiger partial charge in [-0.1, -0.05) is 6.07 Å². The molecule has 5 heteroatoms. The predicted molar refractivity (Wildman–Crippen MR) is 64.8 cm³/mol. The van der Waals surface area contributed by atoms with Crippen LogP contribution in [0.1, 0.15) is 6.42 Å². The summed E-state index contributed by atoms with van der Waals surface area (Å²) in [5.74, 6) is 0.321. The van der Waals surface area contributed by atoms with Gasteiger partial charge in [0.2, 0.25) is 0 Å². The SMILES string of the molecule is Nc1cccc(NC(=O)OCC2CCOC2)c1. The van der Waals surface area contributed by atoms with Crippen LogP contribution in [-0.2, 0) is 9.47 Å². The molecule has 1 aliphatic heterocycles. The highest BCUT2D eigenvalue weighted by atomic mass is 16.6. The lowest BCUT2D eigenvalue weighted by molar-refractivity contribution is 0.127. The zero-order valence-electron chi connectivity index (χ0n) is 9.52. The van der Waals surface area contributed by atoms with Crippen LogP contribution in [0.3, 0.4) is 0 Å². The minimum atomic E-state index is -0.456. The van der Waals surface area contributed by atoms with Crippen LogP contribution in [0.2, 0.25) is 0 Å². The van der Waals surface area contributed by atoms with E-state index >= 15 is 0 Å². The maximum atomic E-state index is 11.5. The molecule has 17 heavy (non-hydrogen) atoms. The number of nitrogens with two attached hydrogens (primary N) is 1. The van der Waals surface area contributed by atoms with Gasteiger partial charge < -0.3 is 15.2 Å². The molecule has 5 nitrogen and oxygen atoms in total. The lowest BCUT2D eigenvalue weighted by Gasteiger charge is -2.10. The fourth-order valence-electron chi connectivity index (χ4n) is 1.68. The van der Waals surface area contributed by atoms with Crippen molar-refractivity contribution >= 4 is 17.5 Å². The normalized spacial score (nSPS) is 18.9. The van der Waals surface area contributed by atoms with E-state index in [1.807, 2.05) is 0 Å². The van der Waals surface area contributed by atoms with Crippen molar-refractivity contribution < 1.29 is 14.3 Å². The summed E-state index contributed by atoms with van der Waals surface area (Å²) in [7, 11) is 0. The monoisotopic (exact) mass is 236 g/mol. The molecule has 1 heterocycles. The van der Waals surface area contributed by atoms with E-state index in [1.165, 1.54) is 0 Å². The lowest BCUT2D eigenvalue weighted by atomic mass is 10.1. The summed E-state index contributed by atoms with van der Waals surface area (Å²) in [6.07, 6.45) is 0.494. The largest absolute Gasteiger partial charge is 0.449 e. The van der Waals surface area contributed by atoms with E-state index in [4.69, 9.17) is 15.2 Å². The number of anilines is 2. The molecule has 1 aromatic carbocycles. The molecule has 0 aliphatic carbocycles. The van der Waals surface area contributed by atoms with Gasteiger partial charge in [-0.3, -0.25) is 5.32 Å². The van der Waals surface area contributed by atoms with Gasteiger partial charge in [0, 0.05) is 23.9 Å². The zero-order chi connectivity index (χ0) is 12.1. The summed E-state index contributed by atoms with van der Waals surface area (Å²) in [6, 6.07) is 6.97. The van der Waals surface area contributed by atoms with Crippen LogP contribution >= 0.6 is 0 Å². The maximum absolute atomic E-state index is 11.5. The molecule has 0 spiro atoms. The highest BCUT2D eigenvalue weighted by Gasteiger charge is 2.17. The molecule has 92 valence electrons. The third-order valence-electron chi connectivity index (χ3n) is 2.61. The number of nitrogens with one attached hydrogen (secondary N) is 1. The van der Waals surface area contributed by atoms with Gasteiger partial charge in [0.25, 0.3) is 0 Å². The van der Waals surface area contributed by atoms with Gasteiger partial charge in [-0.15, -0.1) is 0 Å². The third kappa shape index (κ3) is 3.64. The molecular weight excluding hydrogens is 220 g/mol. The van der Waals surface area contributed by atoms with Crippen molar-refractivity contribution in [3.05, 3.63) is 24.3 Å². The molecule has 1 atom stereocenters. The minimum Gasteiger partial charge on any atom is -0.449 e. The van der Waals surface area contributed by atoms with Crippen molar-refractivity contribution in [3.63, 3.8) is 0 Å². The first-order valence-electron chi connectivity index (χ1n) is 5.61. The van der Waals surface area contributed by atoms with E-state index in [1.54, 1.807) is 24.3 Å². The van der Waals surface area contributed by atoms with Crippen molar-refractivity contribution in [2.24, 2.45) is 5.92 Å². The van der Waals surface area contributed by atoms with Gasteiger partial charge >= 0.3 is 6.09 Å². The Balaban J connectivity index is 1.76. The van der Waals surface area contributed by atoms with E-state index in [0.717, 1.165) is 13.0 Å². The van der Waals surface area contributed by atoms with Crippen molar-refractivity contribution in [2.45, 2.75) is 6.42 Å². The first-order valence-corrected chi connectivity index (χ1v) is 5.61. The van der Waals surface area contributed by atoms with E-state index in [2.05, 4.69) is 5.32 Å². The fraction of sp³-hybridized carbons (Fsp3) is 0.417. The average Bonchev–Trinajstić information content (AvgIpc) is 2.79. The number of hydrogen-bond acceptors (Lipinski definition) is 4. The Bertz CT molecular complexity index is 389. The molecular formula is C12H16N2O3. The van der Waals surface area contributed by atoms with Crippen molar-refractivity contribution in [3.8, 4) is 0 Å². The molecule has 1 aliphatic rings. The quantitative estimate of drug-likeness (QED) is 0.785. The summed E-state index contributed by atoms with van der Waals surface area (Å²) < 4.78 is 10.3. The van der Waals surface area contributed by atoms with Gasteiger partial charge in [0.05, 0.1) is 13.2 Å². The second-order valence-electron chi connectivity index (χ2n) is 4.08. The molecule has 0 aromatic heterocycles. The molecule has 3 N–H and O–H groups in total. The van der Waals surface area contributed by atoms with Crippen LogP contribution in [0, 0.1) is 5.92 Å². The second-order valence-corrected chi connectivity index (χ2v) is 4.08. The molecule has 1 aromatic rings. The summed E-state index contributed by atoms with van der Waals surface area (Å²) in [6.45, 7) is 1.82. The number of benzene rings is 1. The topological polar surface area (TPSA) is 73.6 Å². The highest BCUT2D eigenvalue weighted by molar-refractivity contribution is 5.85. The first kappa shape index (κ1) is 11.7. The Morgan fingerprint density at radius 2 is 2.47 bits per heavy atom. The van der Waals surface area contributed by atoms with Gasteiger partial charge in [0.1, 0.15) is 0 Å². The molecule has 0 radical (unpaired) electrons. The number of nitrogen functional groups attached to an aromatic ring is 1. The molecule has 1 amide bonds. The predicted octanol–water partition coefficient (Wildman–Crippen LogP) is 1.85. The highest BCUT2D eigenvalue weighted by Crippen LogP contribution is 2.14. The summed E-state index contributed by atoms with van der Waals surface area (Å²) >= 11 is 0. The van der Waals surface area contributed by atoms with Crippen LogP contribution < -0.4 is 11.1 Å². The number of rotatable bonds is 3. The van der Waals surface area contributed by atoms with Gasteiger partial charge in [0.15, 0.2) is 0 Å². The third-order valence-corrected chi connectivity index (χ3v) is 2.61. The summed E-state index contributed by atoms with van der Waals surface area (Å²) in [5, 5.41) is 2.62. The lowest BCUT2D eigenvalue weighted by Crippen LogP contribution is -2.19. The Morgan fingerprint density at radius 3 is 3.18 bits per heavy atom. The number of carbonyl (C=O) groups excluding carboxylic acids is 1. The molecule has 0 saturated carbocycles. The van der Waals surface area contributed by atoms with E-state index in [-0.39, 0.29) is 0 Å². The fourth-order valence-corrected chi connectivity index (χ4v) is 1.68. The maximum Gasteiger partial charge on any atom is 0.411 e. The molecule has 2 rings (SSSR count). The van der Waals surface area contributed by atoms with Crippen molar-refractivity contribution in [1.29, 1.82) is 0 Å². The molecule has 0 bridgehead atoms. The van der Waals surface area contributed by atoms with Crippen LogP contribution in [0.5, 0.6) is 0 Å². The average molecular weight is 236 g/mol. The smallest absolute Gasteiger partial charge is 0.411 e. The van der Waals surface area contributed by atoms with Crippen molar-refractivity contribution in [1.82, 2.24) is 0 Å². The van der Waals surface area contributed by atoms with Crippen LogP contribution in [0.15, 0.2) is 24.3 Å². The van der Waals surface area contributed by atoms with Crippen molar-refractivity contribution in [2.75, 3.05) is 30.9 Å². The van der Waals surface area contributed by atoms with E-state index in [0.29, 0.717) is 30.5 Å². The van der Waals surface area contributed by atoms with Gasteiger partial charge in [-0.05, 0) is 24.6 Å². The number of ether oxygens (including phenoxy) is 2. The Labute approximate surface area is 99.9 Å². The Hall–Kier alpha value is -1.75. The minimum absolute atomic E-state index is 0.321.